The number of benzene rings is 1. The summed E-state index contributed by atoms with van der Waals surface area (Å²) >= 11 is 0. The summed E-state index contributed by atoms with van der Waals surface area (Å²) in [6, 6.07) is 8.27. The van der Waals surface area contributed by atoms with Gasteiger partial charge in [0.05, 0.1) is 19.9 Å². The standard InChI is InChI=1S/C10H18N2O.C8H10O2/c1-12-6-5-8-3-4-9(11-13-2)7-10(8)12;1-9-7-5-3-4-6-8(7)10-2/h8,10H,3-7H2,1-2H3;3-6H,1-2H3/b11-9+;. The van der Waals surface area contributed by atoms with Gasteiger partial charge in [0.25, 0.3) is 0 Å². The monoisotopic (exact) mass is 320 g/mol. The molecule has 2 aliphatic rings. The van der Waals surface area contributed by atoms with Crippen molar-refractivity contribution in [2.24, 2.45) is 11.1 Å². The van der Waals surface area contributed by atoms with Gasteiger partial charge in [0.1, 0.15) is 7.11 Å². The summed E-state index contributed by atoms with van der Waals surface area (Å²) < 4.78 is 10.0. The lowest BCUT2D eigenvalue weighted by Gasteiger charge is -2.29. The third-order valence-electron chi connectivity index (χ3n) is 4.72. The number of nitrogens with zero attached hydrogens (tertiary/aromatic N) is 2. The van der Waals surface area contributed by atoms with Crippen molar-refractivity contribution in [3.8, 4) is 11.5 Å². The number of hydrogen-bond donors (Lipinski definition) is 0. The molecule has 2 unspecified atom stereocenters. The van der Waals surface area contributed by atoms with Crippen LogP contribution in [0.4, 0.5) is 0 Å². The number of oxime groups is 1. The highest BCUT2D eigenvalue weighted by Crippen LogP contribution is 2.34. The van der Waals surface area contributed by atoms with Crippen molar-refractivity contribution in [2.75, 3.05) is 34.9 Å². The zero-order valence-electron chi connectivity index (χ0n) is 14.6. The Kier molecular flexibility index (Phi) is 6.71. The molecule has 23 heavy (non-hydrogen) atoms. The fraction of sp³-hybridized carbons (Fsp3) is 0.611. The van der Waals surface area contributed by atoms with Gasteiger partial charge in [-0.15, -0.1) is 0 Å². The summed E-state index contributed by atoms with van der Waals surface area (Å²) in [5, 5.41) is 4.07. The summed E-state index contributed by atoms with van der Waals surface area (Å²) in [7, 11) is 7.10. The van der Waals surface area contributed by atoms with Crippen LogP contribution in [0.15, 0.2) is 29.4 Å². The van der Waals surface area contributed by atoms with Crippen LogP contribution in [0.1, 0.15) is 25.7 Å². The Labute approximate surface area is 139 Å². The minimum Gasteiger partial charge on any atom is -0.493 e. The third-order valence-corrected chi connectivity index (χ3v) is 4.72. The van der Waals surface area contributed by atoms with Crippen molar-refractivity contribution < 1.29 is 14.3 Å². The van der Waals surface area contributed by atoms with Crippen LogP contribution in [0.25, 0.3) is 0 Å². The molecule has 0 aromatic heterocycles. The van der Waals surface area contributed by atoms with Crippen molar-refractivity contribution in [2.45, 2.75) is 31.7 Å². The fourth-order valence-corrected chi connectivity index (χ4v) is 3.44. The highest BCUT2D eigenvalue weighted by Gasteiger charge is 2.35. The molecule has 0 amide bonds. The summed E-state index contributed by atoms with van der Waals surface area (Å²) in [6.45, 7) is 1.26. The average molecular weight is 320 g/mol. The molecule has 0 bridgehead atoms. The number of para-hydroxylation sites is 2. The molecule has 1 saturated carbocycles. The van der Waals surface area contributed by atoms with E-state index in [1.807, 2.05) is 24.3 Å². The molecule has 2 fully saturated rings. The topological polar surface area (TPSA) is 43.3 Å². The Morgan fingerprint density at radius 2 is 1.70 bits per heavy atom. The van der Waals surface area contributed by atoms with Crippen molar-refractivity contribution in [1.29, 1.82) is 0 Å². The normalized spacial score (nSPS) is 25.3. The fourth-order valence-electron chi connectivity index (χ4n) is 3.44. The number of methoxy groups -OCH3 is 2. The van der Waals surface area contributed by atoms with Crippen LogP contribution in [0.2, 0.25) is 0 Å². The molecular formula is C18H28N2O3. The first-order valence-electron chi connectivity index (χ1n) is 8.15. The highest BCUT2D eigenvalue weighted by atomic mass is 16.6. The SMILES string of the molecule is CO/N=C1\CCC2CCN(C)C2C1.COc1ccccc1OC. The van der Waals surface area contributed by atoms with Gasteiger partial charge in [-0.25, -0.2) is 0 Å². The molecule has 1 aromatic carbocycles. The smallest absolute Gasteiger partial charge is 0.160 e. The molecule has 5 nitrogen and oxygen atoms in total. The highest BCUT2D eigenvalue weighted by molar-refractivity contribution is 5.85. The molecular weight excluding hydrogens is 292 g/mol. The lowest BCUT2D eigenvalue weighted by Crippen LogP contribution is -2.35. The van der Waals surface area contributed by atoms with Crippen molar-refractivity contribution in [3.63, 3.8) is 0 Å². The van der Waals surface area contributed by atoms with Crippen LogP contribution in [0.3, 0.4) is 0 Å². The van der Waals surface area contributed by atoms with Gasteiger partial charge in [0.2, 0.25) is 0 Å². The van der Waals surface area contributed by atoms with Gasteiger partial charge in [-0.1, -0.05) is 17.3 Å². The zero-order valence-corrected chi connectivity index (χ0v) is 14.6. The van der Waals surface area contributed by atoms with Crippen LogP contribution < -0.4 is 9.47 Å². The van der Waals surface area contributed by atoms with Crippen LogP contribution in [0, 0.1) is 5.92 Å². The first-order valence-corrected chi connectivity index (χ1v) is 8.15. The van der Waals surface area contributed by atoms with E-state index in [1.165, 1.54) is 25.1 Å². The van der Waals surface area contributed by atoms with Crippen LogP contribution in [-0.2, 0) is 4.84 Å². The molecule has 1 aliphatic carbocycles. The van der Waals surface area contributed by atoms with E-state index < -0.39 is 0 Å². The molecule has 1 aliphatic heterocycles. The molecule has 1 aromatic rings. The van der Waals surface area contributed by atoms with Crippen molar-refractivity contribution >= 4 is 5.71 Å². The van der Waals surface area contributed by atoms with Crippen LogP contribution in [-0.4, -0.2) is 51.6 Å². The molecule has 1 saturated heterocycles. The zero-order chi connectivity index (χ0) is 16.7. The molecule has 2 atom stereocenters. The second-order valence-corrected chi connectivity index (χ2v) is 6.03. The van der Waals surface area contributed by atoms with E-state index >= 15 is 0 Å². The predicted molar refractivity (Wildman–Crippen MR) is 92.4 cm³/mol. The Balaban J connectivity index is 0.000000174. The van der Waals surface area contributed by atoms with Gasteiger partial charge in [-0.05, 0) is 50.9 Å². The van der Waals surface area contributed by atoms with E-state index in [9.17, 15) is 0 Å². The minimum atomic E-state index is 0.739. The second kappa shape index (κ2) is 8.77. The number of ether oxygens (including phenoxy) is 2. The molecule has 0 radical (unpaired) electrons. The van der Waals surface area contributed by atoms with Gasteiger partial charge >= 0.3 is 0 Å². The van der Waals surface area contributed by atoms with Gasteiger partial charge in [0.15, 0.2) is 11.5 Å². The lowest BCUT2D eigenvalue weighted by molar-refractivity contribution is 0.203. The number of fused-ring (bicyclic) bond motifs is 1. The van der Waals surface area contributed by atoms with Gasteiger partial charge in [0, 0.05) is 12.5 Å². The van der Waals surface area contributed by atoms with E-state index in [0.717, 1.165) is 36.3 Å². The van der Waals surface area contributed by atoms with Crippen molar-refractivity contribution in [3.05, 3.63) is 24.3 Å². The van der Waals surface area contributed by atoms with Crippen molar-refractivity contribution in [1.82, 2.24) is 4.90 Å². The Hall–Kier alpha value is -1.75. The van der Waals surface area contributed by atoms with E-state index in [2.05, 4.69) is 17.1 Å². The Morgan fingerprint density at radius 1 is 1.04 bits per heavy atom. The van der Waals surface area contributed by atoms with Gasteiger partial charge < -0.3 is 19.2 Å². The van der Waals surface area contributed by atoms with Crippen LogP contribution in [0.5, 0.6) is 11.5 Å². The van der Waals surface area contributed by atoms with Crippen LogP contribution >= 0.6 is 0 Å². The van der Waals surface area contributed by atoms with E-state index in [4.69, 9.17) is 14.3 Å². The third kappa shape index (κ3) is 4.61. The Morgan fingerprint density at radius 3 is 2.26 bits per heavy atom. The minimum absolute atomic E-state index is 0.739. The van der Waals surface area contributed by atoms with E-state index in [-0.39, 0.29) is 0 Å². The number of hydrogen-bond acceptors (Lipinski definition) is 5. The maximum absolute atomic E-state index is 5.01. The first-order chi connectivity index (χ1) is 11.2. The molecule has 128 valence electrons. The molecule has 1 heterocycles. The lowest BCUT2D eigenvalue weighted by atomic mass is 9.84. The molecule has 3 rings (SSSR count). The number of likely N-dealkylation sites (tertiary alicyclic amines) is 1. The van der Waals surface area contributed by atoms with Gasteiger partial charge in [-0.2, -0.15) is 0 Å². The summed E-state index contributed by atoms with van der Waals surface area (Å²) in [4.78, 5) is 7.30. The maximum Gasteiger partial charge on any atom is 0.160 e. The maximum atomic E-state index is 5.01. The molecule has 5 heteroatoms. The summed E-state index contributed by atoms with van der Waals surface area (Å²) in [5.74, 6) is 2.45. The summed E-state index contributed by atoms with van der Waals surface area (Å²) in [5.41, 5.74) is 1.25. The Bertz CT molecular complexity index is 496. The van der Waals surface area contributed by atoms with E-state index in [1.54, 1.807) is 21.3 Å². The number of rotatable bonds is 3. The summed E-state index contributed by atoms with van der Waals surface area (Å²) in [6.07, 6.45) is 4.94. The molecule has 0 N–H and O–H groups in total. The second-order valence-electron chi connectivity index (χ2n) is 6.03. The quantitative estimate of drug-likeness (QED) is 0.802. The van der Waals surface area contributed by atoms with E-state index in [0.29, 0.717) is 0 Å². The first kappa shape index (κ1) is 17.6. The average Bonchev–Trinajstić information content (AvgIpc) is 2.96. The largest absolute Gasteiger partial charge is 0.493 e. The molecule has 0 spiro atoms. The predicted octanol–water partition coefficient (Wildman–Crippen LogP) is 3.20. The van der Waals surface area contributed by atoms with Gasteiger partial charge in [-0.3, -0.25) is 0 Å².